The Kier molecular flexibility index (Phi) is 20.8. The average molecular weight is 383 g/mol. The number of hydrogen-bond acceptors (Lipinski definition) is 2. The summed E-state index contributed by atoms with van der Waals surface area (Å²) in [6.07, 6.45) is 24.5. The van der Waals surface area contributed by atoms with Gasteiger partial charge in [-0.15, -0.1) is 0 Å². The van der Waals surface area contributed by atoms with Gasteiger partial charge in [-0.1, -0.05) is 109 Å². The van der Waals surface area contributed by atoms with Crippen molar-refractivity contribution in [3.05, 3.63) is 11.6 Å². The molecule has 0 aromatic carbocycles. The molecule has 0 fully saturated rings. The third-order valence-corrected chi connectivity index (χ3v) is 5.19. The van der Waals surface area contributed by atoms with E-state index in [0.717, 1.165) is 13.0 Å². The predicted octanol–water partition coefficient (Wildman–Crippen LogP) is 7.69. The van der Waals surface area contributed by atoms with Gasteiger partial charge in [-0.2, -0.15) is 0 Å². The number of carboxylic acids is 1. The molecule has 3 nitrogen and oxygen atoms in total. The summed E-state index contributed by atoms with van der Waals surface area (Å²) < 4.78 is 5.55. The Bertz CT molecular complexity index is 350. The van der Waals surface area contributed by atoms with E-state index >= 15 is 0 Å². The molecule has 0 rings (SSSR count). The molecule has 0 atom stereocenters. The lowest BCUT2D eigenvalue weighted by Crippen LogP contribution is -1.99. The quantitative estimate of drug-likeness (QED) is 0.163. The monoisotopic (exact) mass is 382 g/mol. The number of carbonyl (C=O) groups is 1. The molecular formula is C24H46O3. The van der Waals surface area contributed by atoms with Crippen molar-refractivity contribution in [3.63, 3.8) is 0 Å². The zero-order valence-corrected chi connectivity index (χ0v) is 18.3. The van der Waals surface area contributed by atoms with Crippen LogP contribution in [0.25, 0.3) is 0 Å². The molecule has 0 aliphatic heterocycles. The van der Waals surface area contributed by atoms with Crippen LogP contribution in [0, 0.1) is 0 Å². The van der Waals surface area contributed by atoms with E-state index in [-0.39, 0.29) is 0 Å². The number of carboxylic acid groups (broad SMARTS) is 1. The highest BCUT2D eigenvalue weighted by Crippen LogP contribution is 2.13. The number of rotatable bonds is 21. The second-order valence-electron chi connectivity index (χ2n) is 7.90. The summed E-state index contributed by atoms with van der Waals surface area (Å²) in [7, 11) is 0. The van der Waals surface area contributed by atoms with Gasteiger partial charge in [-0.25, -0.2) is 4.79 Å². The Hall–Kier alpha value is -0.830. The predicted molar refractivity (Wildman–Crippen MR) is 116 cm³/mol. The normalized spacial score (nSPS) is 11.9. The minimum Gasteiger partial charge on any atom is -0.478 e. The van der Waals surface area contributed by atoms with Crippen LogP contribution in [0.5, 0.6) is 0 Å². The van der Waals surface area contributed by atoms with Crippen molar-refractivity contribution in [3.8, 4) is 0 Å². The van der Waals surface area contributed by atoms with E-state index in [9.17, 15) is 4.79 Å². The van der Waals surface area contributed by atoms with Crippen molar-refractivity contribution < 1.29 is 14.6 Å². The van der Waals surface area contributed by atoms with Gasteiger partial charge in [0.25, 0.3) is 0 Å². The standard InChI is InChI=1S/C24H46O3/c1-3-4-5-6-7-8-9-10-11-12-13-14-15-16-17-18-21-27-22-19-20-23(2)24(25)26/h20H,3-19,21-22H2,1-2H3,(H,25,26). The lowest BCUT2D eigenvalue weighted by atomic mass is 10.0. The number of ether oxygens (including phenoxy) is 1. The first kappa shape index (κ1) is 26.2. The van der Waals surface area contributed by atoms with Gasteiger partial charge >= 0.3 is 5.97 Å². The maximum Gasteiger partial charge on any atom is 0.330 e. The van der Waals surface area contributed by atoms with Crippen LogP contribution in [0.1, 0.15) is 123 Å². The van der Waals surface area contributed by atoms with E-state index in [1.807, 2.05) is 0 Å². The van der Waals surface area contributed by atoms with Gasteiger partial charge in [0.15, 0.2) is 0 Å². The van der Waals surface area contributed by atoms with E-state index in [4.69, 9.17) is 9.84 Å². The molecule has 0 saturated carbocycles. The smallest absolute Gasteiger partial charge is 0.330 e. The third kappa shape index (κ3) is 21.3. The molecule has 0 saturated heterocycles. The van der Waals surface area contributed by atoms with Crippen LogP contribution in [0.15, 0.2) is 11.6 Å². The Morgan fingerprint density at radius 1 is 0.704 bits per heavy atom. The summed E-state index contributed by atoms with van der Waals surface area (Å²) in [5.74, 6) is -0.840. The summed E-state index contributed by atoms with van der Waals surface area (Å²) in [5, 5.41) is 8.73. The second kappa shape index (κ2) is 21.5. The molecule has 0 aromatic heterocycles. The molecule has 1 N–H and O–H groups in total. The third-order valence-electron chi connectivity index (χ3n) is 5.19. The second-order valence-corrected chi connectivity index (χ2v) is 7.90. The van der Waals surface area contributed by atoms with Gasteiger partial charge in [-0.3, -0.25) is 0 Å². The first-order valence-corrected chi connectivity index (χ1v) is 11.7. The summed E-state index contributed by atoms with van der Waals surface area (Å²) >= 11 is 0. The summed E-state index contributed by atoms with van der Waals surface area (Å²) in [4.78, 5) is 10.6. The Balaban J connectivity index is 3.09. The fraction of sp³-hybridized carbons (Fsp3) is 0.875. The molecule has 0 spiro atoms. The van der Waals surface area contributed by atoms with Gasteiger partial charge in [0.1, 0.15) is 0 Å². The summed E-state index contributed by atoms with van der Waals surface area (Å²) in [5.41, 5.74) is 0.404. The highest BCUT2D eigenvalue weighted by atomic mass is 16.5. The van der Waals surface area contributed by atoms with Crippen LogP contribution in [-0.4, -0.2) is 24.3 Å². The van der Waals surface area contributed by atoms with Gasteiger partial charge in [-0.05, 0) is 19.8 Å². The first-order chi connectivity index (χ1) is 13.2. The molecular weight excluding hydrogens is 336 g/mol. The van der Waals surface area contributed by atoms with E-state index in [1.165, 1.54) is 96.3 Å². The molecule has 0 unspecified atom stereocenters. The summed E-state index contributed by atoms with van der Waals surface area (Å²) in [6.45, 7) is 5.34. The van der Waals surface area contributed by atoms with E-state index < -0.39 is 5.97 Å². The number of hydrogen-bond donors (Lipinski definition) is 1. The minimum atomic E-state index is -0.840. The van der Waals surface area contributed by atoms with Gasteiger partial charge in [0.2, 0.25) is 0 Å². The maximum absolute atomic E-state index is 10.6. The maximum atomic E-state index is 10.6. The van der Waals surface area contributed by atoms with Crippen LogP contribution in [0.3, 0.4) is 0 Å². The van der Waals surface area contributed by atoms with Crippen molar-refractivity contribution in [2.45, 2.75) is 123 Å². The van der Waals surface area contributed by atoms with Crippen LogP contribution in [-0.2, 0) is 9.53 Å². The molecule has 27 heavy (non-hydrogen) atoms. The first-order valence-electron chi connectivity index (χ1n) is 11.7. The lowest BCUT2D eigenvalue weighted by molar-refractivity contribution is -0.132. The lowest BCUT2D eigenvalue weighted by Gasteiger charge is -2.04. The van der Waals surface area contributed by atoms with Crippen LogP contribution in [0.4, 0.5) is 0 Å². The van der Waals surface area contributed by atoms with Gasteiger partial charge < -0.3 is 9.84 Å². The van der Waals surface area contributed by atoms with Crippen LogP contribution in [0.2, 0.25) is 0 Å². The largest absolute Gasteiger partial charge is 0.478 e. The molecule has 0 aliphatic rings. The Labute approximate surface area is 169 Å². The fourth-order valence-electron chi connectivity index (χ4n) is 3.30. The minimum absolute atomic E-state index is 0.404. The Morgan fingerprint density at radius 3 is 1.52 bits per heavy atom. The van der Waals surface area contributed by atoms with Crippen molar-refractivity contribution in [1.29, 1.82) is 0 Å². The van der Waals surface area contributed by atoms with Crippen LogP contribution >= 0.6 is 0 Å². The van der Waals surface area contributed by atoms with E-state index in [0.29, 0.717) is 18.6 Å². The average Bonchev–Trinajstić information content (AvgIpc) is 2.66. The van der Waals surface area contributed by atoms with Crippen molar-refractivity contribution in [2.75, 3.05) is 13.2 Å². The molecule has 0 aliphatic carbocycles. The van der Waals surface area contributed by atoms with Gasteiger partial charge in [0, 0.05) is 12.2 Å². The number of aliphatic carboxylic acids is 1. The fourth-order valence-corrected chi connectivity index (χ4v) is 3.30. The topological polar surface area (TPSA) is 46.5 Å². The van der Waals surface area contributed by atoms with Crippen molar-refractivity contribution >= 4 is 5.97 Å². The molecule has 160 valence electrons. The highest BCUT2D eigenvalue weighted by Gasteiger charge is 1.98. The van der Waals surface area contributed by atoms with E-state index in [2.05, 4.69) is 6.92 Å². The summed E-state index contributed by atoms with van der Waals surface area (Å²) in [6, 6.07) is 0. The van der Waals surface area contributed by atoms with E-state index in [1.54, 1.807) is 13.0 Å². The molecule has 0 amide bonds. The molecule has 0 bridgehead atoms. The van der Waals surface area contributed by atoms with Gasteiger partial charge in [0.05, 0.1) is 6.61 Å². The SMILES string of the molecule is CCCCCCCCCCCCCCCCCCOCCC=C(C)C(=O)O. The highest BCUT2D eigenvalue weighted by molar-refractivity contribution is 5.85. The molecule has 0 heterocycles. The van der Waals surface area contributed by atoms with Crippen molar-refractivity contribution in [1.82, 2.24) is 0 Å². The Morgan fingerprint density at radius 2 is 1.11 bits per heavy atom. The molecule has 3 heteroatoms. The zero-order chi connectivity index (χ0) is 20.0. The van der Waals surface area contributed by atoms with Crippen LogP contribution < -0.4 is 0 Å². The molecule has 0 aromatic rings. The van der Waals surface area contributed by atoms with Crippen molar-refractivity contribution in [2.24, 2.45) is 0 Å². The molecule has 0 radical (unpaired) electrons. The number of unbranched alkanes of at least 4 members (excludes halogenated alkanes) is 15. The zero-order valence-electron chi connectivity index (χ0n) is 18.3.